The first-order valence-electron chi connectivity index (χ1n) is 6.77. The standard InChI is InChI=1S/C16H20N2O3/c1-11(2)21-16-14(17)7-8-15(18-16)20-10-12-5-4-6-13(9-12)19-3/h4-9,11H,10,17H2,1-3H3. The Morgan fingerprint density at radius 2 is 2.00 bits per heavy atom. The zero-order chi connectivity index (χ0) is 15.2. The van der Waals surface area contributed by atoms with E-state index >= 15 is 0 Å². The third kappa shape index (κ3) is 4.27. The maximum atomic E-state index is 5.82. The fourth-order valence-electron chi connectivity index (χ4n) is 1.75. The highest BCUT2D eigenvalue weighted by Crippen LogP contribution is 2.24. The molecule has 2 rings (SSSR count). The molecular weight excluding hydrogens is 268 g/mol. The predicted molar refractivity (Wildman–Crippen MR) is 81.7 cm³/mol. The number of nitrogens with zero attached hydrogens (tertiary/aromatic N) is 1. The third-order valence-corrected chi connectivity index (χ3v) is 2.73. The lowest BCUT2D eigenvalue weighted by molar-refractivity contribution is 0.226. The van der Waals surface area contributed by atoms with Crippen LogP contribution in [-0.4, -0.2) is 18.2 Å². The highest BCUT2D eigenvalue weighted by Gasteiger charge is 2.07. The van der Waals surface area contributed by atoms with Gasteiger partial charge in [0.25, 0.3) is 0 Å². The van der Waals surface area contributed by atoms with Crippen LogP contribution in [0.2, 0.25) is 0 Å². The van der Waals surface area contributed by atoms with Crippen molar-refractivity contribution in [3.05, 3.63) is 42.0 Å². The molecule has 0 aliphatic carbocycles. The molecule has 5 heteroatoms. The van der Waals surface area contributed by atoms with Gasteiger partial charge < -0.3 is 19.9 Å². The monoisotopic (exact) mass is 288 g/mol. The molecule has 0 amide bonds. The summed E-state index contributed by atoms with van der Waals surface area (Å²) < 4.78 is 16.4. The number of nitrogens with two attached hydrogens (primary N) is 1. The normalized spacial score (nSPS) is 10.5. The van der Waals surface area contributed by atoms with Crippen LogP contribution in [-0.2, 0) is 6.61 Å². The zero-order valence-electron chi connectivity index (χ0n) is 12.5. The second kappa shape index (κ2) is 6.83. The van der Waals surface area contributed by atoms with Gasteiger partial charge in [-0.25, -0.2) is 0 Å². The number of hydrogen-bond donors (Lipinski definition) is 1. The fourth-order valence-corrected chi connectivity index (χ4v) is 1.75. The van der Waals surface area contributed by atoms with Gasteiger partial charge in [0, 0.05) is 6.07 Å². The Balaban J connectivity index is 2.05. The summed E-state index contributed by atoms with van der Waals surface area (Å²) in [7, 11) is 1.64. The molecule has 0 saturated carbocycles. The maximum absolute atomic E-state index is 5.82. The van der Waals surface area contributed by atoms with Crippen LogP contribution in [0.4, 0.5) is 5.69 Å². The van der Waals surface area contributed by atoms with E-state index < -0.39 is 0 Å². The fraction of sp³-hybridized carbons (Fsp3) is 0.312. The van der Waals surface area contributed by atoms with Crippen molar-refractivity contribution in [1.29, 1.82) is 0 Å². The number of anilines is 1. The Labute approximate surface area is 124 Å². The van der Waals surface area contributed by atoms with Crippen molar-refractivity contribution < 1.29 is 14.2 Å². The lowest BCUT2D eigenvalue weighted by Gasteiger charge is -2.12. The molecule has 5 nitrogen and oxygen atoms in total. The number of methoxy groups -OCH3 is 1. The Hall–Kier alpha value is -2.43. The second-order valence-corrected chi connectivity index (χ2v) is 4.85. The number of nitrogen functional groups attached to an aromatic ring is 1. The summed E-state index contributed by atoms with van der Waals surface area (Å²) in [4.78, 5) is 4.27. The minimum absolute atomic E-state index is 0.00781. The molecule has 0 bridgehead atoms. The van der Waals surface area contributed by atoms with Gasteiger partial charge in [-0.3, -0.25) is 0 Å². The lowest BCUT2D eigenvalue weighted by atomic mass is 10.2. The first-order valence-corrected chi connectivity index (χ1v) is 6.77. The molecule has 112 valence electrons. The third-order valence-electron chi connectivity index (χ3n) is 2.73. The minimum atomic E-state index is 0.00781. The van der Waals surface area contributed by atoms with Crippen LogP contribution in [0.25, 0.3) is 0 Å². The van der Waals surface area contributed by atoms with Gasteiger partial charge in [0.15, 0.2) is 0 Å². The highest BCUT2D eigenvalue weighted by molar-refractivity contribution is 5.49. The highest BCUT2D eigenvalue weighted by atomic mass is 16.5. The van der Waals surface area contributed by atoms with Crippen LogP contribution in [0.3, 0.4) is 0 Å². The molecule has 0 aliphatic rings. The maximum Gasteiger partial charge on any atom is 0.240 e. The van der Waals surface area contributed by atoms with E-state index in [4.69, 9.17) is 19.9 Å². The van der Waals surface area contributed by atoms with E-state index in [1.54, 1.807) is 19.2 Å². The first-order chi connectivity index (χ1) is 10.1. The average Bonchev–Trinajstić information content (AvgIpc) is 2.48. The number of benzene rings is 1. The van der Waals surface area contributed by atoms with Gasteiger partial charge in [-0.15, -0.1) is 0 Å². The van der Waals surface area contributed by atoms with Crippen molar-refractivity contribution >= 4 is 5.69 Å². The molecule has 0 unspecified atom stereocenters. The van der Waals surface area contributed by atoms with Gasteiger partial charge in [0.1, 0.15) is 12.4 Å². The van der Waals surface area contributed by atoms with Crippen molar-refractivity contribution in [3.63, 3.8) is 0 Å². The first kappa shape index (κ1) is 15.0. The van der Waals surface area contributed by atoms with E-state index in [-0.39, 0.29) is 6.10 Å². The molecule has 0 fully saturated rings. The summed E-state index contributed by atoms with van der Waals surface area (Å²) in [5, 5.41) is 0. The quantitative estimate of drug-likeness (QED) is 0.885. The predicted octanol–water partition coefficient (Wildman–Crippen LogP) is 3.04. The molecular formula is C16H20N2O3. The van der Waals surface area contributed by atoms with E-state index in [1.165, 1.54) is 0 Å². The molecule has 0 aliphatic heterocycles. The van der Waals surface area contributed by atoms with Crippen molar-refractivity contribution in [1.82, 2.24) is 4.98 Å². The zero-order valence-corrected chi connectivity index (χ0v) is 12.5. The van der Waals surface area contributed by atoms with E-state index in [9.17, 15) is 0 Å². The van der Waals surface area contributed by atoms with Crippen LogP contribution in [0.1, 0.15) is 19.4 Å². The number of hydrogen-bond acceptors (Lipinski definition) is 5. The van der Waals surface area contributed by atoms with Crippen LogP contribution >= 0.6 is 0 Å². The molecule has 0 spiro atoms. The molecule has 1 aromatic carbocycles. The summed E-state index contributed by atoms with van der Waals surface area (Å²) >= 11 is 0. The van der Waals surface area contributed by atoms with Gasteiger partial charge in [-0.1, -0.05) is 12.1 Å². The molecule has 0 radical (unpaired) electrons. The van der Waals surface area contributed by atoms with Crippen molar-refractivity contribution in [3.8, 4) is 17.5 Å². The Morgan fingerprint density at radius 3 is 2.71 bits per heavy atom. The summed E-state index contributed by atoms with van der Waals surface area (Å²) in [5.74, 6) is 1.67. The van der Waals surface area contributed by atoms with E-state index in [2.05, 4.69) is 4.98 Å². The summed E-state index contributed by atoms with van der Waals surface area (Å²) in [6.07, 6.45) is 0.00781. The van der Waals surface area contributed by atoms with Crippen LogP contribution in [0, 0.1) is 0 Å². The molecule has 1 heterocycles. The molecule has 2 N–H and O–H groups in total. The van der Waals surface area contributed by atoms with E-state index in [1.807, 2.05) is 38.1 Å². The Bertz CT molecular complexity index is 600. The Morgan fingerprint density at radius 1 is 1.19 bits per heavy atom. The van der Waals surface area contributed by atoms with Gasteiger partial charge in [-0.05, 0) is 37.6 Å². The molecule has 0 saturated heterocycles. The number of pyridine rings is 1. The number of aromatic nitrogens is 1. The summed E-state index contributed by atoms with van der Waals surface area (Å²) in [5.41, 5.74) is 7.32. The van der Waals surface area contributed by atoms with Gasteiger partial charge in [-0.2, -0.15) is 4.98 Å². The van der Waals surface area contributed by atoms with Crippen LogP contribution in [0.15, 0.2) is 36.4 Å². The summed E-state index contributed by atoms with van der Waals surface area (Å²) in [6, 6.07) is 11.1. The molecule has 2 aromatic rings. The lowest BCUT2D eigenvalue weighted by Crippen LogP contribution is -2.09. The number of ether oxygens (including phenoxy) is 3. The van der Waals surface area contributed by atoms with Gasteiger partial charge >= 0.3 is 0 Å². The van der Waals surface area contributed by atoms with Crippen LogP contribution < -0.4 is 19.9 Å². The van der Waals surface area contributed by atoms with E-state index in [0.717, 1.165) is 11.3 Å². The molecule has 21 heavy (non-hydrogen) atoms. The molecule has 0 atom stereocenters. The minimum Gasteiger partial charge on any atom is -0.497 e. The van der Waals surface area contributed by atoms with E-state index in [0.29, 0.717) is 24.1 Å². The van der Waals surface area contributed by atoms with Gasteiger partial charge in [0.05, 0.1) is 18.9 Å². The summed E-state index contributed by atoms with van der Waals surface area (Å²) in [6.45, 7) is 4.24. The molecule has 1 aromatic heterocycles. The number of rotatable bonds is 6. The topological polar surface area (TPSA) is 66.6 Å². The van der Waals surface area contributed by atoms with Crippen molar-refractivity contribution in [2.75, 3.05) is 12.8 Å². The van der Waals surface area contributed by atoms with Crippen LogP contribution in [0.5, 0.6) is 17.5 Å². The van der Waals surface area contributed by atoms with Crippen molar-refractivity contribution in [2.45, 2.75) is 26.6 Å². The smallest absolute Gasteiger partial charge is 0.240 e. The van der Waals surface area contributed by atoms with Crippen molar-refractivity contribution in [2.24, 2.45) is 0 Å². The average molecular weight is 288 g/mol. The van der Waals surface area contributed by atoms with Gasteiger partial charge in [0.2, 0.25) is 11.8 Å². The largest absolute Gasteiger partial charge is 0.497 e. The SMILES string of the molecule is COc1cccc(COc2ccc(N)c(OC(C)C)n2)c1. The second-order valence-electron chi connectivity index (χ2n) is 4.85. The Kier molecular flexibility index (Phi) is 4.87.